The van der Waals surface area contributed by atoms with Crippen molar-refractivity contribution in [2.75, 3.05) is 6.61 Å². The zero-order valence-corrected chi connectivity index (χ0v) is 15.5. The number of carbonyl (C=O) groups excluding carboxylic acids is 1. The van der Waals surface area contributed by atoms with Gasteiger partial charge in [-0.2, -0.15) is 0 Å². The number of nitrogens with zero attached hydrogens (tertiary/aromatic N) is 2. The van der Waals surface area contributed by atoms with E-state index in [9.17, 15) is 15.0 Å². The minimum Gasteiger partial charge on any atom is -0.394 e. The second-order valence-corrected chi connectivity index (χ2v) is 7.00. The number of hydrogen-bond acceptors (Lipinski definition) is 6. The number of rotatable bonds is 8. The van der Waals surface area contributed by atoms with Crippen LogP contribution in [0, 0.1) is 0 Å². The van der Waals surface area contributed by atoms with Gasteiger partial charge < -0.3 is 15.5 Å². The summed E-state index contributed by atoms with van der Waals surface area (Å²) in [5, 5.41) is 25.2. The molecule has 0 spiro atoms. The smallest absolute Gasteiger partial charge is 0.226 e. The van der Waals surface area contributed by atoms with Crippen LogP contribution in [0.5, 0.6) is 0 Å². The molecular formula is C20H21N3O3S. The lowest BCUT2D eigenvalue weighted by atomic mass is 10.0. The van der Waals surface area contributed by atoms with Gasteiger partial charge in [-0.3, -0.25) is 9.78 Å². The van der Waals surface area contributed by atoms with Crippen molar-refractivity contribution in [1.29, 1.82) is 0 Å². The Morgan fingerprint density at radius 1 is 1.15 bits per heavy atom. The summed E-state index contributed by atoms with van der Waals surface area (Å²) in [5.74, 6) is -0.243. The second-order valence-electron chi connectivity index (χ2n) is 6.14. The lowest BCUT2D eigenvalue weighted by molar-refractivity contribution is -0.121. The largest absolute Gasteiger partial charge is 0.394 e. The molecule has 0 bridgehead atoms. The van der Waals surface area contributed by atoms with Crippen LogP contribution in [0.3, 0.4) is 0 Å². The molecule has 0 aliphatic carbocycles. The number of carbonyl (C=O) groups is 1. The Labute approximate surface area is 161 Å². The van der Waals surface area contributed by atoms with Gasteiger partial charge >= 0.3 is 0 Å². The molecule has 2 atom stereocenters. The summed E-state index contributed by atoms with van der Waals surface area (Å²) in [4.78, 5) is 21.0. The van der Waals surface area contributed by atoms with E-state index < -0.39 is 12.1 Å². The Bertz CT molecular complexity index is 855. The zero-order valence-electron chi connectivity index (χ0n) is 14.7. The first-order valence-electron chi connectivity index (χ1n) is 8.64. The third kappa shape index (κ3) is 5.43. The highest BCUT2D eigenvalue weighted by atomic mass is 32.1. The van der Waals surface area contributed by atoms with Gasteiger partial charge in [0.15, 0.2) is 0 Å². The fourth-order valence-corrected chi connectivity index (χ4v) is 3.49. The van der Waals surface area contributed by atoms with Crippen LogP contribution in [0.25, 0.3) is 10.7 Å². The number of amides is 1. The zero-order chi connectivity index (χ0) is 19.1. The van der Waals surface area contributed by atoms with Gasteiger partial charge in [-0.15, -0.1) is 11.3 Å². The van der Waals surface area contributed by atoms with Gasteiger partial charge in [0, 0.05) is 11.6 Å². The number of benzene rings is 1. The number of nitrogens with one attached hydrogen (secondary N) is 1. The Morgan fingerprint density at radius 3 is 2.63 bits per heavy atom. The molecular weight excluding hydrogens is 362 g/mol. The minimum atomic E-state index is -0.751. The van der Waals surface area contributed by atoms with Crippen LogP contribution in [0.15, 0.2) is 60.1 Å². The van der Waals surface area contributed by atoms with E-state index in [2.05, 4.69) is 15.3 Å². The molecule has 3 aromatic rings. The number of aliphatic hydroxyl groups is 2. The Balaban J connectivity index is 1.55. The van der Waals surface area contributed by atoms with E-state index >= 15 is 0 Å². The van der Waals surface area contributed by atoms with Gasteiger partial charge in [0.05, 0.1) is 36.6 Å². The highest BCUT2D eigenvalue weighted by Gasteiger charge is 2.18. The highest BCUT2D eigenvalue weighted by Crippen LogP contribution is 2.22. The maximum Gasteiger partial charge on any atom is 0.226 e. The number of aliphatic hydroxyl groups excluding tert-OH is 2. The third-order valence-corrected chi connectivity index (χ3v) is 4.97. The molecule has 7 heteroatoms. The average Bonchev–Trinajstić information content (AvgIpc) is 3.17. The molecule has 0 aliphatic rings. The lowest BCUT2D eigenvalue weighted by Crippen LogP contribution is -2.39. The molecule has 2 aromatic heterocycles. The van der Waals surface area contributed by atoms with Crippen LogP contribution in [0.2, 0.25) is 0 Å². The first kappa shape index (κ1) is 19.2. The topological polar surface area (TPSA) is 95.3 Å². The second kappa shape index (κ2) is 9.36. The summed E-state index contributed by atoms with van der Waals surface area (Å²) in [5.41, 5.74) is 2.18. The monoisotopic (exact) mass is 383 g/mol. The molecule has 0 saturated heterocycles. The first-order chi connectivity index (χ1) is 13.2. The van der Waals surface area contributed by atoms with E-state index in [0.29, 0.717) is 5.69 Å². The van der Waals surface area contributed by atoms with Gasteiger partial charge in [-0.25, -0.2) is 4.98 Å². The Kier molecular flexibility index (Phi) is 6.64. The standard InChI is InChI=1S/C20H21N3O3S/c24-12-15(10-18(25)14-6-2-1-3-7-14)22-19(26)11-16-13-27-20(23-16)17-8-4-5-9-21-17/h1-9,13,15,18,24-25H,10-12H2,(H,22,26)/t15-,18+/m0/s1. The maximum atomic E-state index is 12.3. The van der Waals surface area contributed by atoms with Crippen LogP contribution >= 0.6 is 11.3 Å². The molecule has 0 saturated carbocycles. The van der Waals surface area contributed by atoms with E-state index in [1.54, 1.807) is 6.20 Å². The molecule has 3 N–H and O–H groups in total. The van der Waals surface area contributed by atoms with Crippen LogP contribution in [0.1, 0.15) is 23.8 Å². The molecule has 1 aromatic carbocycles. The van der Waals surface area contributed by atoms with Crippen molar-refractivity contribution in [3.63, 3.8) is 0 Å². The molecule has 27 heavy (non-hydrogen) atoms. The van der Waals surface area contributed by atoms with E-state index in [-0.39, 0.29) is 25.4 Å². The highest BCUT2D eigenvalue weighted by molar-refractivity contribution is 7.13. The summed E-state index contributed by atoms with van der Waals surface area (Å²) in [6, 6.07) is 14.2. The third-order valence-electron chi connectivity index (χ3n) is 4.06. The van der Waals surface area contributed by atoms with Gasteiger partial charge in [0.25, 0.3) is 0 Å². The normalized spacial score (nSPS) is 13.1. The van der Waals surface area contributed by atoms with Crippen molar-refractivity contribution >= 4 is 17.2 Å². The first-order valence-corrected chi connectivity index (χ1v) is 9.52. The number of pyridine rings is 1. The van der Waals surface area contributed by atoms with Crippen LogP contribution in [0.4, 0.5) is 0 Å². The Morgan fingerprint density at radius 2 is 1.93 bits per heavy atom. The number of thiazole rings is 1. The quantitative estimate of drug-likeness (QED) is 0.555. The lowest BCUT2D eigenvalue weighted by Gasteiger charge is -2.20. The molecule has 0 aliphatic heterocycles. The van der Waals surface area contributed by atoms with Gasteiger partial charge in [-0.1, -0.05) is 36.4 Å². The number of hydrogen-bond donors (Lipinski definition) is 3. The molecule has 2 heterocycles. The van der Waals surface area contributed by atoms with Gasteiger partial charge in [-0.05, 0) is 24.1 Å². The summed E-state index contributed by atoms with van der Waals surface area (Å²) in [6.45, 7) is -0.244. The van der Waals surface area contributed by atoms with E-state index in [1.165, 1.54) is 11.3 Å². The predicted octanol–water partition coefficient (Wildman–Crippen LogP) is 2.35. The van der Waals surface area contributed by atoms with Crippen molar-refractivity contribution in [3.05, 3.63) is 71.4 Å². The minimum absolute atomic E-state index is 0.112. The van der Waals surface area contributed by atoms with E-state index in [4.69, 9.17) is 0 Å². The summed E-state index contributed by atoms with van der Waals surface area (Å²) < 4.78 is 0. The fraction of sp³-hybridized carbons (Fsp3) is 0.250. The molecule has 6 nitrogen and oxygen atoms in total. The molecule has 1 amide bonds. The van der Waals surface area contributed by atoms with Crippen molar-refractivity contribution in [1.82, 2.24) is 15.3 Å². The van der Waals surface area contributed by atoms with Crippen LogP contribution in [-0.2, 0) is 11.2 Å². The fourth-order valence-electron chi connectivity index (χ4n) is 2.70. The summed E-state index contributed by atoms with van der Waals surface area (Å²) in [7, 11) is 0. The SMILES string of the molecule is O=C(Cc1csc(-c2ccccn2)n1)N[C@H](CO)C[C@@H](O)c1ccccc1. The van der Waals surface area contributed by atoms with Crippen LogP contribution in [-0.4, -0.2) is 38.7 Å². The maximum absolute atomic E-state index is 12.3. The van der Waals surface area contributed by atoms with Crippen molar-refractivity contribution in [3.8, 4) is 10.7 Å². The molecule has 140 valence electrons. The molecule has 0 fully saturated rings. The van der Waals surface area contributed by atoms with Gasteiger partial charge in [0.1, 0.15) is 5.01 Å². The van der Waals surface area contributed by atoms with Gasteiger partial charge in [0.2, 0.25) is 5.91 Å². The molecule has 3 rings (SSSR count). The van der Waals surface area contributed by atoms with Crippen molar-refractivity contribution in [2.24, 2.45) is 0 Å². The van der Waals surface area contributed by atoms with E-state index in [0.717, 1.165) is 16.3 Å². The van der Waals surface area contributed by atoms with Crippen LogP contribution < -0.4 is 5.32 Å². The molecule has 0 unspecified atom stereocenters. The summed E-state index contributed by atoms with van der Waals surface area (Å²) in [6.07, 6.45) is 1.30. The molecule has 0 radical (unpaired) electrons. The summed E-state index contributed by atoms with van der Waals surface area (Å²) >= 11 is 1.43. The van der Waals surface area contributed by atoms with E-state index in [1.807, 2.05) is 53.9 Å². The average molecular weight is 383 g/mol. The van der Waals surface area contributed by atoms with Crippen molar-refractivity contribution in [2.45, 2.75) is 25.0 Å². The Hall–Kier alpha value is -2.61. The predicted molar refractivity (Wildman–Crippen MR) is 104 cm³/mol. The number of aromatic nitrogens is 2. The van der Waals surface area contributed by atoms with Crippen molar-refractivity contribution < 1.29 is 15.0 Å².